The Balaban J connectivity index is 1.49. The number of hydrogen-bond donors (Lipinski definition) is 0. The molecule has 0 unspecified atom stereocenters. The number of para-hydroxylation sites is 1. The lowest BCUT2D eigenvalue weighted by atomic mass is 10.1. The molecule has 2 amide bonds. The Morgan fingerprint density at radius 2 is 1.70 bits per heavy atom. The lowest BCUT2D eigenvalue weighted by Crippen LogP contribution is -2.54. The van der Waals surface area contributed by atoms with Crippen LogP contribution in [-0.4, -0.2) is 39.4 Å². The molecule has 0 bridgehead atoms. The van der Waals surface area contributed by atoms with Crippen LogP contribution in [0.25, 0.3) is 0 Å². The minimum absolute atomic E-state index is 0.324. The van der Waals surface area contributed by atoms with E-state index in [1.165, 1.54) is 4.90 Å². The molecular formula is C23H21N5O2. The molecule has 1 aliphatic rings. The van der Waals surface area contributed by atoms with Gasteiger partial charge in [0.1, 0.15) is 5.82 Å². The van der Waals surface area contributed by atoms with E-state index < -0.39 is 11.8 Å². The summed E-state index contributed by atoms with van der Waals surface area (Å²) in [6.07, 6.45) is 1.75. The van der Waals surface area contributed by atoms with Gasteiger partial charge in [0.2, 0.25) is 0 Å². The molecule has 7 heteroatoms. The molecule has 1 saturated heterocycles. The van der Waals surface area contributed by atoms with Gasteiger partial charge in [0.15, 0.2) is 0 Å². The average Bonchev–Trinajstić information content (AvgIpc) is 3.12. The van der Waals surface area contributed by atoms with Gasteiger partial charge in [-0.2, -0.15) is 5.26 Å². The summed E-state index contributed by atoms with van der Waals surface area (Å²) < 4.78 is 2.03. The van der Waals surface area contributed by atoms with Gasteiger partial charge >= 0.3 is 11.8 Å². The predicted octanol–water partition coefficient (Wildman–Crippen LogP) is 2.49. The Bertz CT molecular complexity index is 1110. The van der Waals surface area contributed by atoms with Crippen LogP contribution < -0.4 is 4.90 Å². The monoisotopic (exact) mass is 399 g/mol. The van der Waals surface area contributed by atoms with Crippen molar-refractivity contribution in [3.63, 3.8) is 0 Å². The first-order chi connectivity index (χ1) is 14.6. The van der Waals surface area contributed by atoms with E-state index in [0.29, 0.717) is 31.7 Å². The van der Waals surface area contributed by atoms with Crippen molar-refractivity contribution in [2.24, 2.45) is 0 Å². The van der Waals surface area contributed by atoms with E-state index in [9.17, 15) is 9.59 Å². The van der Waals surface area contributed by atoms with E-state index in [0.717, 1.165) is 22.8 Å². The number of rotatable bonds is 5. The van der Waals surface area contributed by atoms with Crippen LogP contribution >= 0.6 is 0 Å². The minimum Gasteiger partial charge on any atom is -0.327 e. The number of nitriles is 1. The molecular weight excluding hydrogens is 378 g/mol. The second-order valence-electron chi connectivity index (χ2n) is 7.21. The first-order valence-corrected chi connectivity index (χ1v) is 9.72. The van der Waals surface area contributed by atoms with Crippen molar-refractivity contribution in [2.45, 2.75) is 20.0 Å². The zero-order chi connectivity index (χ0) is 21.1. The summed E-state index contributed by atoms with van der Waals surface area (Å²) in [6.45, 7) is 3.73. The number of aromatic nitrogens is 2. The third-order valence-corrected chi connectivity index (χ3v) is 5.29. The van der Waals surface area contributed by atoms with Crippen LogP contribution in [0, 0.1) is 18.3 Å². The molecule has 1 aliphatic heterocycles. The number of aryl methyl sites for hydroxylation is 1. The second kappa shape index (κ2) is 8.21. The molecule has 0 saturated carbocycles. The highest BCUT2D eigenvalue weighted by atomic mass is 16.2. The van der Waals surface area contributed by atoms with Gasteiger partial charge < -0.3 is 14.4 Å². The highest BCUT2D eigenvalue weighted by Crippen LogP contribution is 2.19. The Morgan fingerprint density at radius 3 is 2.40 bits per heavy atom. The van der Waals surface area contributed by atoms with Crippen molar-refractivity contribution >= 4 is 17.5 Å². The fourth-order valence-electron chi connectivity index (χ4n) is 3.60. The number of amides is 2. The van der Waals surface area contributed by atoms with Gasteiger partial charge in [-0.15, -0.1) is 0 Å². The Hall–Kier alpha value is -3.92. The van der Waals surface area contributed by atoms with Gasteiger partial charge in [-0.05, 0) is 36.8 Å². The number of piperazine rings is 1. The van der Waals surface area contributed by atoms with Gasteiger partial charge in [0.25, 0.3) is 0 Å². The van der Waals surface area contributed by atoms with Crippen LogP contribution in [0.2, 0.25) is 0 Å². The Labute approximate surface area is 174 Å². The van der Waals surface area contributed by atoms with Gasteiger partial charge in [-0.3, -0.25) is 9.59 Å². The maximum atomic E-state index is 12.7. The molecule has 0 atom stereocenters. The zero-order valence-corrected chi connectivity index (χ0v) is 16.7. The predicted molar refractivity (Wildman–Crippen MR) is 111 cm³/mol. The number of benzene rings is 2. The summed E-state index contributed by atoms with van der Waals surface area (Å²) in [5, 5.41) is 8.96. The van der Waals surface area contributed by atoms with Crippen molar-refractivity contribution in [2.75, 3.05) is 18.0 Å². The third-order valence-electron chi connectivity index (χ3n) is 5.29. The van der Waals surface area contributed by atoms with Gasteiger partial charge in [0, 0.05) is 25.3 Å². The van der Waals surface area contributed by atoms with Crippen LogP contribution in [0.3, 0.4) is 0 Å². The number of imidazole rings is 1. The van der Waals surface area contributed by atoms with Crippen LogP contribution in [0.4, 0.5) is 5.69 Å². The number of anilines is 1. The zero-order valence-electron chi connectivity index (χ0n) is 16.7. The molecule has 4 rings (SSSR count). The number of nitrogens with zero attached hydrogens (tertiary/aromatic N) is 5. The standard InChI is InChI=1S/C23H21N5O2/c1-17-25-14-21(28(17)15-19-9-7-18(13-24)8-10-19)16-26-11-12-27(23(30)22(26)29)20-5-3-2-4-6-20/h2-10,14H,11-12,15-16H2,1H3. The first-order valence-electron chi connectivity index (χ1n) is 9.72. The summed E-state index contributed by atoms with van der Waals surface area (Å²) in [6, 6.07) is 18.7. The van der Waals surface area contributed by atoms with Crippen LogP contribution in [-0.2, 0) is 22.7 Å². The summed E-state index contributed by atoms with van der Waals surface area (Å²) in [4.78, 5) is 32.9. The summed E-state index contributed by atoms with van der Waals surface area (Å²) in [5.74, 6) is -0.188. The highest BCUT2D eigenvalue weighted by Gasteiger charge is 2.33. The van der Waals surface area contributed by atoms with E-state index in [1.807, 2.05) is 54.0 Å². The minimum atomic E-state index is -0.512. The molecule has 0 spiro atoms. The highest BCUT2D eigenvalue weighted by molar-refractivity contribution is 6.40. The largest absolute Gasteiger partial charge is 0.327 e. The molecule has 0 N–H and O–H groups in total. The molecule has 0 radical (unpaired) electrons. The SMILES string of the molecule is Cc1ncc(CN2CCN(c3ccccc3)C(=O)C2=O)n1Cc1ccc(C#N)cc1. The summed E-state index contributed by atoms with van der Waals surface area (Å²) >= 11 is 0. The Morgan fingerprint density at radius 1 is 0.967 bits per heavy atom. The molecule has 3 aromatic rings. The number of carbonyl (C=O) groups excluding carboxylic acids is 2. The normalized spacial score (nSPS) is 14.1. The molecule has 2 heterocycles. The third kappa shape index (κ3) is 3.80. The van der Waals surface area contributed by atoms with E-state index >= 15 is 0 Å². The number of carbonyl (C=O) groups is 2. The van der Waals surface area contributed by atoms with E-state index in [1.54, 1.807) is 23.2 Å². The maximum Gasteiger partial charge on any atom is 0.316 e. The summed E-state index contributed by atoms with van der Waals surface area (Å²) in [7, 11) is 0. The molecule has 0 aliphatic carbocycles. The molecule has 7 nitrogen and oxygen atoms in total. The molecule has 30 heavy (non-hydrogen) atoms. The molecule has 1 fully saturated rings. The first kappa shape index (κ1) is 19.4. The van der Waals surface area contributed by atoms with Crippen molar-refractivity contribution < 1.29 is 9.59 Å². The number of hydrogen-bond acceptors (Lipinski definition) is 4. The second-order valence-corrected chi connectivity index (χ2v) is 7.21. The van der Waals surface area contributed by atoms with Gasteiger partial charge in [0.05, 0.1) is 30.1 Å². The summed E-state index contributed by atoms with van der Waals surface area (Å²) in [5.41, 5.74) is 3.25. The lowest BCUT2D eigenvalue weighted by molar-refractivity contribution is -0.146. The fraction of sp³-hybridized carbons (Fsp3) is 0.217. The maximum absolute atomic E-state index is 12.7. The van der Waals surface area contributed by atoms with Crippen molar-refractivity contribution in [3.8, 4) is 6.07 Å². The van der Waals surface area contributed by atoms with Crippen LogP contribution in [0.5, 0.6) is 0 Å². The Kier molecular flexibility index (Phi) is 5.31. The fourth-order valence-corrected chi connectivity index (χ4v) is 3.60. The smallest absolute Gasteiger partial charge is 0.316 e. The quantitative estimate of drug-likeness (QED) is 0.617. The van der Waals surface area contributed by atoms with Gasteiger partial charge in [-0.1, -0.05) is 30.3 Å². The van der Waals surface area contributed by atoms with Crippen molar-refractivity contribution in [1.82, 2.24) is 14.5 Å². The molecule has 1 aromatic heterocycles. The molecule has 2 aromatic carbocycles. The topological polar surface area (TPSA) is 82.2 Å². The van der Waals surface area contributed by atoms with E-state index in [-0.39, 0.29) is 0 Å². The van der Waals surface area contributed by atoms with E-state index in [2.05, 4.69) is 11.1 Å². The molecule has 150 valence electrons. The van der Waals surface area contributed by atoms with Crippen LogP contribution in [0.1, 0.15) is 22.6 Å². The average molecular weight is 399 g/mol. The van der Waals surface area contributed by atoms with Crippen LogP contribution in [0.15, 0.2) is 60.8 Å². The van der Waals surface area contributed by atoms with Crippen molar-refractivity contribution in [1.29, 1.82) is 5.26 Å². The van der Waals surface area contributed by atoms with E-state index in [4.69, 9.17) is 5.26 Å². The van der Waals surface area contributed by atoms with Crippen molar-refractivity contribution in [3.05, 3.63) is 83.4 Å². The lowest BCUT2D eigenvalue weighted by Gasteiger charge is -2.33. The van der Waals surface area contributed by atoms with Gasteiger partial charge in [-0.25, -0.2) is 4.98 Å².